The molecule has 0 saturated carbocycles. The molecule has 1 fully saturated rings. The van der Waals surface area contributed by atoms with Gasteiger partial charge >= 0.3 is 0 Å². The normalized spacial score (nSPS) is 21.8. The van der Waals surface area contributed by atoms with Crippen LogP contribution in [0.25, 0.3) is 0 Å². The number of carbonyl (C=O) groups excluding carboxylic acids is 1. The second-order valence-corrected chi connectivity index (χ2v) is 6.84. The second kappa shape index (κ2) is 5.77. The molecule has 7 heteroatoms. The summed E-state index contributed by atoms with van der Waals surface area (Å²) in [5.41, 5.74) is 2.25. The molecular formula is C18H20N4O3. The maximum absolute atomic E-state index is 12.8. The van der Waals surface area contributed by atoms with Crippen LogP contribution in [0, 0.1) is 0 Å². The third-order valence-electron chi connectivity index (χ3n) is 5.19. The number of hydrogen-bond acceptors (Lipinski definition) is 5. The molecule has 1 aromatic carbocycles. The summed E-state index contributed by atoms with van der Waals surface area (Å²) in [7, 11) is 0. The average Bonchev–Trinajstić information content (AvgIpc) is 3.20. The third-order valence-corrected chi connectivity index (χ3v) is 5.19. The maximum atomic E-state index is 12.8. The predicted molar refractivity (Wildman–Crippen MR) is 89.1 cm³/mol. The third kappa shape index (κ3) is 2.55. The number of nitrogens with zero attached hydrogens (tertiary/aromatic N) is 4. The molecule has 1 aromatic heterocycles. The van der Waals surface area contributed by atoms with Crippen LogP contribution < -0.4 is 9.47 Å². The summed E-state index contributed by atoms with van der Waals surface area (Å²) in [4.78, 5) is 21.3. The van der Waals surface area contributed by atoms with Gasteiger partial charge in [-0.3, -0.25) is 9.69 Å². The largest absolute Gasteiger partial charge is 0.454 e. The van der Waals surface area contributed by atoms with Crippen molar-refractivity contribution in [3.8, 4) is 11.5 Å². The molecule has 130 valence electrons. The molecule has 1 amide bonds. The van der Waals surface area contributed by atoms with E-state index >= 15 is 0 Å². The number of likely N-dealkylation sites (tertiary alicyclic amines) is 1. The summed E-state index contributed by atoms with van der Waals surface area (Å²) in [5.74, 6) is 1.81. The van der Waals surface area contributed by atoms with E-state index in [1.165, 1.54) is 0 Å². The van der Waals surface area contributed by atoms with E-state index in [0.29, 0.717) is 6.54 Å². The number of amides is 1. The van der Waals surface area contributed by atoms with Gasteiger partial charge in [-0.25, -0.2) is 4.98 Å². The van der Waals surface area contributed by atoms with Gasteiger partial charge in [0.15, 0.2) is 11.5 Å². The number of hydrogen-bond donors (Lipinski definition) is 0. The Morgan fingerprint density at radius 3 is 2.96 bits per heavy atom. The van der Waals surface area contributed by atoms with Gasteiger partial charge in [0.1, 0.15) is 6.04 Å². The van der Waals surface area contributed by atoms with Gasteiger partial charge in [0.2, 0.25) is 12.7 Å². The van der Waals surface area contributed by atoms with Gasteiger partial charge in [-0.05, 0) is 24.1 Å². The van der Waals surface area contributed by atoms with E-state index in [2.05, 4.69) is 16.0 Å². The van der Waals surface area contributed by atoms with Crippen molar-refractivity contribution in [1.82, 2.24) is 19.4 Å². The predicted octanol–water partition coefficient (Wildman–Crippen LogP) is 1.40. The number of rotatable bonds is 3. The van der Waals surface area contributed by atoms with E-state index < -0.39 is 0 Å². The molecule has 0 unspecified atom stereocenters. The molecule has 1 saturated heterocycles. The number of benzene rings is 1. The number of ether oxygens (including phenoxy) is 2. The fourth-order valence-electron chi connectivity index (χ4n) is 3.72. The minimum Gasteiger partial charge on any atom is -0.454 e. The average molecular weight is 340 g/mol. The Balaban J connectivity index is 1.37. The molecule has 4 heterocycles. The van der Waals surface area contributed by atoms with Gasteiger partial charge in [0.25, 0.3) is 0 Å². The summed E-state index contributed by atoms with van der Waals surface area (Å²) in [6.07, 6.45) is 4.76. The van der Waals surface area contributed by atoms with Crippen molar-refractivity contribution in [3.05, 3.63) is 42.0 Å². The van der Waals surface area contributed by atoms with Gasteiger partial charge < -0.3 is 18.9 Å². The first-order chi connectivity index (χ1) is 12.3. The van der Waals surface area contributed by atoms with Crippen LogP contribution >= 0.6 is 0 Å². The van der Waals surface area contributed by atoms with Crippen molar-refractivity contribution in [1.29, 1.82) is 0 Å². The Labute approximate surface area is 145 Å². The first-order valence-electron chi connectivity index (χ1n) is 8.68. The molecule has 0 spiro atoms. The fraction of sp³-hybridized carbons (Fsp3) is 0.444. The minimum atomic E-state index is -0.180. The molecule has 7 nitrogen and oxygen atoms in total. The molecule has 1 atom stereocenters. The zero-order chi connectivity index (χ0) is 16.8. The van der Waals surface area contributed by atoms with Crippen LogP contribution in [0.2, 0.25) is 0 Å². The van der Waals surface area contributed by atoms with Crippen molar-refractivity contribution in [2.24, 2.45) is 0 Å². The van der Waals surface area contributed by atoms with Gasteiger partial charge in [-0.2, -0.15) is 0 Å². The molecule has 0 bridgehead atoms. The first-order valence-corrected chi connectivity index (χ1v) is 8.68. The van der Waals surface area contributed by atoms with Gasteiger partial charge in [-0.15, -0.1) is 0 Å². The Kier molecular flexibility index (Phi) is 3.41. The van der Waals surface area contributed by atoms with E-state index in [1.807, 2.05) is 27.8 Å². The summed E-state index contributed by atoms with van der Waals surface area (Å²) in [5, 5.41) is 0. The van der Waals surface area contributed by atoms with Crippen molar-refractivity contribution < 1.29 is 14.3 Å². The number of fused-ring (bicyclic) bond motifs is 2. The van der Waals surface area contributed by atoms with Crippen LogP contribution in [0.4, 0.5) is 0 Å². The molecule has 3 aliphatic heterocycles. The SMILES string of the molecule is O=C([C@H]1CN(Cc2ccc3c(c2)OCO3)Cc2cncn21)N1CCC1. The van der Waals surface area contributed by atoms with E-state index in [1.54, 1.807) is 6.33 Å². The van der Waals surface area contributed by atoms with Gasteiger partial charge in [0, 0.05) is 38.9 Å². The fourth-order valence-corrected chi connectivity index (χ4v) is 3.72. The highest BCUT2D eigenvalue weighted by Gasteiger charge is 2.34. The van der Waals surface area contributed by atoms with Crippen LogP contribution in [0.1, 0.15) is 23.7 Å². The van der Waals surface area contributed by atoms with Crippen LogP contribution in [-0.4, -0.2) is 51.7 Å². The van der Waals surface area contributed by atoms with Gasteiger partial charge in [0.05, 0.1) is 12.0 Å². The highest BCUT2D eigenvalue weighted by atomic mass is 16.7. The van der Waals surface area contributed by atoms with Crippen molar-refractivity contribution in [2.75, 3.05) is 26.4 Å². The Bertz CT molecular complexity index is 814. The van der Waals surface area contributed by atoms with Crippen molar-refractivity contribution in [3.63, 3.8) is 0 Å². The molecule has 0 radical (unpaired) electrons. The van der Waals surface area contributed by atoms with E-state index in [0.717, 1.165) is 55.4 Å². The highest BCUT2D eigenvalue weighted by molar-refractivity contribution is 5.81. The lowest BCUT2D eigenvalue weighted by Crippen LogP contribution is -2.50. The number of imidazole rings is 1. The smallest absolute Gasteiger partial charge is 0.247 e. The lowest BCUT2D eigenvalue weighted by Gasteiger charge is -2.39. The Morgan fingerprint density at radius 2 is 2.12 bits per heavy atom. The summed E-state index contributed by atoms with van der Waals surface area (Å²) < 4.78 is 12.9. The summed E-state index contributed by atoms with van der Waals surface area (Å²) in [6.45, 7) is 4.30. The van der Waals surface area contributed by atoms with Crippen molar-refractivity contribution >= 4 is 5.91 Å². The molecule has 3 aliphatic rings. The summed E-state index contributed by atoms with van der Waals surface area (Å²) in [6, 6.07) is 5.86. The molecule has 0 aliphatic carbocycles. The number of carbonyl (C=O) groups is 1. The van der Waals surface area contributed by atoms with E-state index in [4.69, 9.17) is 9.47 Å². The van der Waals surface area contributed by atoms with Gasteiger partial charge in [-0.1, -0.05) is 6.07 Å². The molecule has 5 rings (SSSR count). The van der Waals surface area contributed by atoms with E-state index in [9.17, 15) is 4.79 Å². The molecule has 0 N–H and O–H groups in total. The first kappa shape index (κ1) is 14.8. The topological polar surface area (TPSA) is 59.8 Å². The quantitative estimate of drug-likeness (QED) is 0.845. The van der Waals surface area contributed by atoms with Crippen molar-refractivity contribution in [2.45, 2.75) is 25.6 Å². The maximum Gasteiger partial charge on any atom is 0.247 e. The number of aromatic nitrogens is 2. The standard InChI is InChI=1S/C18H20N4O3/c23-18(21-4-1-5-21)15-10-20(9-14-7-19-11-22(14)15)8-13-2-3-16-17(6-13)25-12-24-16/h2-3,6-7,11,15H,1,4-5,8-10,12H2/t15-/m1/s1. The summed E-state index contributed by atoms with van der Waals surface area (Å²) >= 11 is 0. The van der Waals surface area contributed by atoms with Crippen LogP contribution in [0.5, 0.6) is 11.5 Å². The zero-order valence-corrected chi connectivity index (χ0v) is 13.9. The molecule has 2 aromatic rings. The zero-order valence-electron chi connectivity index (χ0n) is 13.9. The lowest BCUT2D eigenvalue weighted by molar-refractivity contribution is -0.139. The Hall–Kier alpha value is -2.54. The van der Waals surface area contributed by atoms with Crippen LogP contribution in [-0.2, 0) is 17.9 Å². The molecular weight excluding hydrogens is 320 g/mol. The molecule has 25 heavy (non-hydrogen) atoms. The van der Waals surface area contributed by atoms with Crippen LogP contribution in [0.15, 0.2) is 30.7 Å². The minimum absolute atomic E-state index is 0.180. The second-order valence-electron chi connectivity index (χ2n) is 6.84. The Morgan fingerprint density at radius 1 is 1.24 bits per heavy atom. The highest BCUT2D eigenvalue weighted by Crippen LogP contribution is 2.33. The lowest BCUT2D eigenvalue weighted by atomic mass is 10.1. The monoisotopic (exact) mass is 340 g/mol. The van der Waals surface area contributed by atoms with E-state index in [-0.39, 0.29) is 18.7 Å². The van der Waals surface area contributed by atoms with Crippen LogP contribution in [0.3, 0.4) is 0 Å².